The highest BCUT2D eigenvalue weighted by molar-refractivity contribution is 7.92. The SMILES string of the molecule is Cc1c(NC(=O)[C@H](C)N(c2cc(Cl)cc(Cl)c2)S(C)(=O)=O)cccc1[N+](=O)[O-]. The molecule has 0 aromatic heterocycles. The summed E-state index contributed by atoms with van der Waals surface area (Å²) in [4.78, 5) is 23.2. The first-order valence-electron chi connectivity index (χ1n) is 7.92. The molecule has 1 N–H and O–H groups in total. The normalized spacial score (nSPS) is 12.3. The number of hydrogen-bond acceptors (Lipinski definition) is 5. The van der Waals surface area contributed by atoms with Gasteiger partial charge < -0.3 is 5.32 Å². The molecule has 2 rings (SSSR count). The van der Waals surface area contributed by atoms with Gasteiger partial charge >= 0.3 is 0 Å². The maximum absolute atomic E-state index is 12.7. The van der Waals surface area contributed by atoms with Crippen molar-refractivity contribution in [2.75, 3.05) is 15.9 Å². The van der Waals surface area contributed by atoms with E-state index >= 15 is 0 Å². The number of benzene rings is 2. The number of hydrogen-bond donors (Lipinski definition) is 1. The van der Waals surface area contributed by atoms with Crippen molar-refractivity contribution in [3.63, 3.8) is 0 Å². The molecule has 0 unspecified atom stereocenters. The minimum absolute atomic E-state index is 0.124. The molecule has 0 spiro atoms. The smallest absolute Gasteiger partial charge is 0.274 e. The minimum Gasteiger partial charge on any atom is -0.324 e. The molecule has 0 fully saturated rings. The highest BCUT2D eigenvalue weighted by Gasteiger charge is 2.30. The molecule has 1 amide bonds. The van der Waals surface area contributed by atoms with E-state index in [1.54, 1.807) is 0 Å². The Morgan fingerprint density at radius 1 is 1.21 bits per heavy atom. The van der Waals surface area contributed by atoms with Crippen LogP contribution in [0.15, 0.2) is 36.4 Å². The summed E-state index contributed by atoms with van der Waals surface area (Å²) < 4.78 is 25.5. The van der Waals surface area contributed by atoms with Crippen LogP contribution in [0.2, 0.25) is 10.0 Å². The Morgan fingerprint density at radius 2 is 1.79 bits per heavy atom. The van der Waals surface area contributed by atoms with E-state index in [0.29, 0.717) is 0 Å². The van der Waals surface area contributed by atoms with Crippen LogP contribution in [0.4, 0.5) is 17.1 Å². The van der Waals surface area contributed by atoms with Crippen LogP contribution >= 0.6 is 23.2 Å². The summed E-state index contributed by atoms with van der Waals surface area (Å²) in [6.07, 6.45) is 0.949. The summed E-state index contributed by atoms with van der Waals surface area (Å²) in [6.45, 7) is 2.88. The third kappa shape index (κ3) is 4.92. The number of nitrogens with one attached hydrogen (secondary N) is 1. The molecule has 11 heteroatoms. The topological polar surface area (TPSA) is 110 Å². The van der Waals surface area contributed by atoms with Crippen molar-refractivity contribution < 1.29 is 18.1 Å². The fourth-order valence-electron chi connectivity index (χ4n) is 2.67. The van der Waals surface area contributed by atoms with E-state index in [1.165, 1.54) is 50.2 Å². The summed E-state index contributed by atoms with van der Waals surface area (Å²) in [5.74, 6) is -0.676. The zero-order valence-corrected chi connectivity index (χ0v) is 17.5. The first-order valence-corrected chi connectivity index (χ1v) is 10.5. The number of anilines is 2. The van der Waals surface area contributed by atoms with E-state index in [1.807, 2.05) is 0 Å². The van der Waals surface area contributed by atoms with Gasteiger partial charge in [0.05, 0.1) is 28.1 Å². The Bertz CT molecular complexity index is 1020. The lowest BCUT2D eigenvalue weighted by atomic mass is 10.1. The highest BCUT2D eigenvalue weighted by atomic mass is 35.5. The molecule has 0 aliphatic heterocycles. The van der Waals surface area contributed by atoms with Crippen LogP contribution in [0, 0.1) is 17.0 Å². The van der Waals surface area contributed by atoms with Gasteiger partial charge in [0.25, 0.3) is 5.69 Å². The van der Waals surface area contributed by atoms with Gasteiger partial charge in [-0.3, -0.25) is 19.2 Å². The predicted molar refractivity (Wildman–Crippen MR) is 110 cm³/mol. The Balaban J connectivity index is 2.40. The fraction of sp³-hybridized carbons (Fsp3) is 0.235. The third-order valence-corrected chi connectivity index (χ3v) is 5.63. The van der Waals surface area contributed by atoms with Crippen LogP contribution in [0.1, 0.15) is 12.5 Å². The van der Waals surface area contributed by atoms with Gasteiger partial charge in [0.15, 0.2) is 0 Å². The standard InChI is InChI=1S/C17H17Cl2N3O5S/c1-10-15(5-4-6-16(10)22(24)25)20-17(23)11(2)21(28(3,26)27)14-8-12(18)7-13(19)9-14/h4-9,11H,1-3H3,(H,20,23)/t11-/m0/s1. The van der Waals surface area contributed by atoms with Crippen molar-refractivity contribution in [3.8, 4) is 0 Å². The van der Waals surface area contributed by atoms with E-state index in [4.69, 9.17) is 23.2 Å². The summed E-state index contributed by atoms with van der Waals surface area (Å²) in [6, 6.07) is 7.23. The molecule has 0 radical (unpaired) electrons. The van der Waals surface area contributed by atoms with E-state index in [2.05, 4.69) is 5.32 Å². The van der Waals surface area contributed by atoms with Crippen molar-refractivity contribution in [2.45, 2.75) is 19.9 Å². The minimum atomic E-state index is -3.87. The Labute approximate surface area is 172 Å². The average Bonchev–Trinajstić information content (AvgIpc) is 2.54. The number of halogens is 2. The van der Waals surface area contributed by atoms with Crippen molar-refractivity contribution in [3.05, 3.63) is 62.1 Å². The molecule has 8 nitrogen and oxygen atoms in total. The van der Waals surface area contributed by atoms with E-state index in [-0.39, 0.29) is 32.7 Å². The van der Waals surface area contributed by atoms with Crippen LogP contribution in [0.3, 0.4) is 0 Å². The molecule has 0 aliphatic carbocycles. The Kier molecular flexibility index (Phi) is 6.53. The zero-order chi connectivity index (χ0) is 21.2. The number of nitro groups is 1. The lowest BCUT2D eigenvalue weighted by Gasteiger charge is -2.28. The van der Waals surface area contributed by atoms with Crippen molar-refractivity contribution >= 4 is 56.2 Å². The molecule has 0 bridgehead atoms. The second-order valence-corrected chi connectivity index (χ2v) is 8.79. The van der Waals surface area contributed by atoms with Gasteiger partial charge in [-0.05, 0) is 38.1 Å². The van der Waals surface area contributed by atoms with E-state index in [0.717, 1.165) is 10.6 Å². The second kappa shape index (κ2) is 8.34. The average molecular weight is 446 g/mol. The van der Waals surface area contributed by atoms with Gasteiger partial charge in [-0.1, -0.05) is 29.3 Å². The number of carbonyl (C=O) groups excluding carboxylic acids is 1. The number of amides is 1. The molecule has 0 saturated carbocycles. The first-order chi connectivity index (χ1) is 12.9. The summed E-state index contributed by atoms with van der Waals surface area (Å²) in [5.41, 5.74) is 0.429. The predicted octanol–water partition coefficient (Wildman–Crippen LogP) is 4.00. The van der Waals surface area contributed by atoms with Crippen molar-refractivity contribution in [1.82, 2.24) is 0 Å². The van der Waals surface area contributed by atoms with Crippen molar-refractivity contribution in [2.24, 2.45) is 0 Å². The molecule has 0 aliphatic rings. The number of sulfonamides is 1. The number of carbonyl (C=O) groups is 1. The third-order valence-electron chi connectivity index (χ3n) is 3.95. The monoisotopic (exact) mass is 445 g/mol. The van der Waals surface area contributed by atoms with Crippen LogP contribution in [0.25, 0.3) is 0 Å². The maximum Gasteiger partial charge on any atom is 0.274 e. The maximum atomic E-state index is 12.7. The van der Waals surface area contributed by atoms with Crippen LogP contribution in [-0.2, 0) is 14.8 Å². The highest BCUT2D eigenvalue weighted by Crippen LogP contribution is 2.30. The molecule has 1 atom stereocenters. The van der Waals surface area contributed by atoms with Gasteiger partial charge in [-0.15, -0.1) is 0 Å². The molecule has 150 valence electrons. The number of nitrogens with zero attached hydrogens (tertiary/aromatic N) is 2. The Hall–Kier alpha value is -2.36. The van der Waals surface area contributed by atoms with Gasteiger partial charge in [-0.25, -0.2) is 8.42 Å². The summed E-state index contributed by atoms with van der Waals surface area (Å²) in [5, 5.41) is 14.0. The zero-order valence-electron chi connectivity index (χ0n) is 15.1. The number of rotatable bonds is 6. The molecule has 2 aromatic carbocycles. The molecule has 2 aromatic rings. The number of nitro benzene ring substituents is 1. The van der Waals surface area contributed by atoms with Crippen LogP contribution in [-0.4, -0.2) is 31.5 Å². The van der Waals surface area contributed by atoms with E-state index < -0.39 is 26.9 Å². The first kappa shape index (κ1) is 21.9. The fourth-order valence-corrected chi connectivity index (χ4v) is 4.34. The molecular formula is C17H17Cl2N3O5S. The molecule has 0 saturated heterocycles. The van der Waals surface area contributed by atoms with Gasteiger partial charge in [0.1, 0.15) is 6.04 Å². The largest absolute Gasteiger partial charge is 0.324 e. The lowest BCUT2D eigenvalue weighted by Crippen LogP contribution is -2.45. The lowest BCUT2D eigenvalue weighted by molar-refractivity contribution is -0.385. The van der Waals surface area contributed by atoms with Gasteiger partial charge in [0, 0.05) is 16.1 Å². The van der Waals surface area contributed by atoms with Crippen LogP contribution in [0.5, 0.6) is 0 Å². The van der Waals surface area contributed by atoms with E-state index in [9.17, 15) is 23.3 Å². The van der Waals surface area contributed by atoms with Crippen LogP contribution < -0.4 is 9.62 Å². The molecule has 0 heterocycles. The van der Waals surface area contributed by atoms with Gasteiger partial charge in [-0.2, -0.15) is 0 Å². The second-order valence-electron chi connectivity index (χ2n) is 6.06. The Morgan fingerprint density at radius 3 is 2.29 bits per heavy atom. The molecule has 28 heavy (non-hydrogen) atoms. The quantitative estimate of drug-likeness (QED) is 0.533. The van der Waals surface area contributed by atoms with Gasteiger partial charge in [0.2, 0.25) is 15.9 Å². The summed E-state index contributed by atoms with van der Waals surface area (Å²) in [7, 11) is -3.87. The van der Waals surface area contributed by atoms with Crippen molar-refractivity contribution in [1.29, 1.82) is 0 Å². The summed E-state index contributed by atoms with van der Waals surface area (Å²) >= 11 is 11.9. The molecular weight excluding hydrogens is 429 g/mol.